The Morgan fingerprint density at radius 1 is 1.26 bits per heavy atom. The molecule has 2 N–H and O–H groups in total. The van der Waals surface area contributed by atoms with Crippen LogP contribution in [0.4, 0.5) is 0 Å². The largest absolute Gasteiger partial charge is 0.492 e. The molecule has 0 aliphatic carbocycles. The number of aromatic nitrogens is 1. The van der Waals surface area contributed by atoms with E-state index in [1.165, 1.54) is 5.56 Å². The summed E-state index contributed by atoms with van der Waals surface area (Å²) in [5.74, 6) is 3.08. The van der Waals surface area contributed by atoms with Crippen molar-refractivity contribution >= 4 is 29.9 Å². The minimum absolute atomic E-state index is 0. The zero-order chi connectivity index (χ0) is 19.0. The van der Waals surface area contributed by atoms with Gasteiger partial charge >= 0.3 is 0 Å². The molecule has 2 rings (SSSR count). The van der Waals surface area contributed by atoms with E-state index >= 15 is 0 Å². The number of oxazole rings is 1. The highest BCUT2D eigenvalue weighted by Crippen LogP contribution is 2.22. The SMILES string of the molecule is CCNC(=NCc1ncc(C(C)(C)C)o1)NCCOc1cccc(C)c1.I. The van der Waals surface area contributed by atoms with Gasteiger partial charge in [-0.3, -0.25) is 0 Å². The summed E-state index contributed by atoms with van der Waals surface area (Å²) >= 11 is 0. The number of aliphatic imine (C=N–C) groups is 1. The van der Waals surface area contributed by atoms with Crippen LogP contribution in [0.5, 0.6) is 5.75 Å². The van der Waals surface area contributed by atoms with Crippen molar-refractivity contribution in [3.05, 3.63) is 47.7 Å². The second-order valence-corrected chi connectivity index (χ2v) is 7.16. The fraction of sp³-hybridized carbons (Fsp3) is 0.500. The molecular weight excluding hydrogens is 455 g/mol. The number of hydrogen-bond acceptors (Lipinski definition) is 4. The van der Waals surface area contributed by atoms with Crippen LogP contribution in [0.15, 0.2) is 39.9 Å². The quantitative estimate of drug-likeness (QED) is 0.268. The van der Waals surface area contributed by atoms with Crippen LogP contribution in [0.2, 0.25) is 0 Å². The van der Waals surface area contributed by atoms with Gasteiger partial charge in [-0.15, -0.1) is 24.0 Å². The molecule has 0 radical (unpaired) electrons. The maximum absolute atomic E-state index is 5.77. The van der Waals surface area contributed by atoms with E-state index in [2.05, 4.69) is 54.4 Å². The molecule has 0 bridgehead atoms. The smallest absolute Gasteiger partial charge is 0.216 e. The van der Waals surface area contributed by atoms with Gasteiger partial charge in [0.05, 0.1) is 12.7 Å². The van der Waals surface area contributed by atoms with Crippen LogP contribution in [0, 0.1) is 6.92 Å². The van der Waals surface area contributed by atoms with E-state index in [9.17, 15) is 0 Å². The van der Waals surface area contributed by atoms with Gasteiger partial charge in [0.1, 0.15) is 24.7 Å². The lowest BCUT2D eigenvalue weighted by atomic mass is 9.94. The average molecular weight is 486 g/mol. The Morgan fingerprint density at radius 2 is 2.04 bits per heavy atom. The predicted molar refractivity (Wildman–Crippen MR) is 120 cm³/mol. The molecule has 6 nitrogen and oxygen atoms in total. The summed E-state index contributed by atoms with van der Waals surface area (Å²) in [7, 11) is 0. The van der Waals surface area contributed by atoms with Crippen LogP contribution in [0.1, 0.15) is 44.9 Å². The van der Waals surface area contributed by atoms with Crippen LogP contribution in [0.3, 0.4) is 0 Å². The van der Waals surface area contributed by atoms with E-state index in [0.29, 0.717) is 25.6 Å². The van der Waals surface area contributed by atoms with Gasteiger partial charge in [-0.25, -0.2) is 9.98 Å². The number of aryl methyl sites for hydroxylation is 1. The third kappa shape index (κ3) is 8.19. The van der Waals surface area contributed by atoms with Crippen molar-refractivity contribution < 1.29 is 9.15 Å². The van der Waals surface area contributed by atoms with Crippen LogP contribution < -0.4 is 15.4 Å². The summed E-state index contributed by atoms with van der Waals surface area (Å²) in [4.78, 5) is 8.83. The van der Waals surface area contributed by atoms with E-state index in [0.717, 1.165) is 24.0 Å². The van der Waals surface area contributed by atoms with Crippen LogP contribution in [-0.4, -0.2) is 30.6 Å². The number of hydrogen-bond donors (Lipinski definition) is 2. The molecule has 27 heavy (non-hydrogen) atoms. The molecule has 0 aliphatic rings. The monoisotopic (exact) mass is 486 g/mol. The summed E-state index contributed by atoms with van der Waals surface area (Å²) in [6, 6.07) is 8.02. The molecule has 1 heterocycles. The van der Waals surface area contributed by atoms with Crippen molar-refractivity contribution in [2.75, 3.05) is 19.7 Å². The lowest BCUT2D eigenvalue weighted by molar-refractivity contribution is 0.321. The van der Waals surface area contributed by atoms with Gasteiger partial charge in [-0.1, -0.05) is 32.9 Å². The lowest BCUT2D eigenvalue weighted by Crippen LogP contribution is -2.39. The molecule has 0 spiro atoms. The first-order chi connectivity index (χ1) is 12.4. The second kappa shape index (κ2) is 11.2. The number of rotatable bonds is 7. The van der Waals surface area contributed by atoms with E-state index in [4.69, 9.17) is 9.15 Å². The molecule has 2 aromatic rings. The molecule has 0 saturated carbocycles. The van der Waals surface area contributed by atoms with Crippen molar-refractivity contribution in [1.82, 2.24) is 15.6 Å². The predicted octanol–water partition coefficient (Wildman–Crippen LogP) is 4.03. The van der Waals surface area contributed by atoms with Crippen molar-refractivity contribution in [2.45, 2.75) is 46.6 Å². The minimum atomic E-state index is -0.0507. The zero-order valence-electron chi connectivity index (χ0n) is 16.8. The maximum Gasteiger partial charge on any atom is 0.216 e. The van der Waals surface area contributed by atoms with E-state index < -0.39 is 0 Å². The summed E-state index contributed by atoms with van der Waals surface area (Å²) < 4.78 is 11.5. The van der Waals surface area contributed by atoms with Crippen molar-refractivity contribution in [3.8, 4) is 5.75 Å². The minimum Gasteiger partial charge on any atom is -0.492 e. The molecule has 0 amide bonds. The summed E-state index contributed by atoms with van der Waals surface area (Å²) in [5, 5.41) is 6.47. The first kappa shape index (κ1) is 23.3. The second-order valence-electron chi connectivity index (χ2n) is 7.16. The Kier molecular flexibility index (Phi) is 9.62. The third-order valence-electron chi connectivity index (χ3n) is 3.66. The molecule has 0 aliphatic heterocycles. The summed E-state index contributed by atoms with van der Waals surface area (Å²) in [5.41, 5.74) is 1.14. The van der Waals surface area contributed by atoms with Gasteiger partial charge in [-0.2, -0.15) is 0 Å². The first-order valence-electron chi connectivity index (χ1n) is 9.05. The van der Waals surface area contributed by atoms with Gasteiger partial charge in [0.2, 0.25) is 5.89 Å². The zero-order valence-corrected chi connectivity index (χ0v) is 19.2. The van der Waals surface area contributed by atoms with Gasteiger partial charge in [0, 0.05) is 12.0 Å². The average Bonchev–Trinajstić information content (AvgIpc) is 3.06. The number of ether oxygens (including phenoxy) is 1. The van der Waals surface area contributed by atoms with Gasteiger partial charge in [0.15, 0.2) is 5.96 Å². The Labute approximate surface area is 179 Å². The Balaban J connectivity index is 0.00000364. The van der Waals surface area contributed by atoms with E-state index in [-0.39, 0.29) is 29.4 Å². The molecule has 1 aromatic heterocycles. The summed E-state index contributed by atoms with van der Waals surface area (Å²) in [6.07, 6.45) is 1.78. The first-order valence-corrected chi connectivity index (χ1v) is 9.05. The standard InChI is InChI=1S/C20H30N4O2.HI/c1-6-21-19(22-10-11-25-16-9-7-8-15(2)12-16)24-14-18-23-13-17(26-18)20(3,4)5;/h7-9,12-13H,6,10-11,14H2,1-5H3,(H2,21,22,24);1H. The highest BCUT2D eigenvalue weighted by Gasteiger charge is 2.18. The Bertz CT molecular complexity index is 723. The number of benzene rings is 1. The molecule has 150 valence electrons. The fourth-order valence-corrected chi connectivity index (χ4v) is 2.26. The normalized spacial score (nSPS) is 11.7. The third-order valence-corrected chi connectivity index (χ3v) is 3.66. The maximum atomic E-state index is 5.77. The number of guanidine groups is 1. The molecule has 0 fully saturated rings. The Morgan fingerprint density at radius 3 is 2.67 bits per heavy atom. The Hall–Kier alpha value is -1.77. The fourth-order valence-electron chi connectivity index (χ4n) is 2.26. The van der Waals surface area contributed by atoms with Crippen LogP contribution in [-0.2, 0) is 12.0 Å². The van der Waals surface area contributed by atoms with Crippen molar-refractivity contribution in [1.29, 1.82) is 0 Å². The van der Waals surface area contributed by atoms with Crippen LogP contribution >= 0.6 is 24.0 Å². The molecule has 1 aromatic carbocycles. The van der Waals surface area contributed by atoms with Gasteiger partial charge in [0.25, 0.3) is 0 Å². The van der Waals surface area contributed by atoms with Crippen molar-refractivity contribution in [3.63, 3.8) is 0 Å². The molecule has 0 unspecified atom stereocenters. The summed E-state index contributed by atoms with van der Waals surface area (Å²) in [6.45, 7) is 12.8. The van der Waals surface area contributed by atoms with Crippen LogP contribution in [0.25, 0.3) is 0 Å². The number of halogens is 1. The van der Waals surface area contributed by atoms with Crippen molar-refractivity contribution in [2.24, 2.45) is 4.99 Å². The highest BCUT2D eigenvalue weighted by atomic mass is 127. The number of nitrogens with zero attached hydrogens (tertiary/aromatic N) is 2. The number of nitrogens with one attached hydrogen (secondary N) is 2. The van der Waals surface area contributed by atoms with Gasteiger partial charge < -0.3 is 19.8 Å². The molecule has 0 atom stereocenters. The van der Waals surface area contributed by atoms with E-state index in [1.54, 1.807) is 6.20 Å². The topological polar surface area (TPSA) is 71.7 Å². The molecule has 7 heteroatoms. The van der Waals surface area contributed by atoms with E-state index in [1.807, 2.05) is 25.1 Å². The molecule has 0 saturated heterocycles. The highest BCUT2D eigenvalue weighted by molar-refractivity contribution is 14.0. The van der Waals surface area contributed by atoms with Gasteiger partial charge in [-0.05, 0) is 31.5 Å². The molecular formula is C20H31IN4O2. The lowest BCUT2D eigenvalue weighted by Gasteiger charge is -2.13.